The highest BCUT2D eigenvalue weighted by molar-refractivity contribution is 7.78. The van der Waals surface area contributed by atoms with Gasteiger partial charge in [0.05, 0.1) is 18.3 Å². The first-order valence-corrected chi connectivity index (χ1v) is 5.45. The molecule has 0 aliphatic heterocycles. The number of aryl methyl sites for hydroxylation is 1. The van der Waals surface area contributed by atoms with Gasteiger partial charge in [0.2, 0.25) is 0 Å². The highest BCUT2D eigenvalue weighted by Gasteiger charge is 1.99. The fourth-order valence-corrected chi connectivity index (χ4v) is 1.46. The molecule has 0 radical (unpaired) electrons. The Balaban J connectivity index is 2.40. The van der Waals surface area contributed by atoms with Gasteiger partial charge in [0.25, 0.3) is 0 Å². The third kappa shape index (κ3) is 4.43. The summed E-state index contributed by atoms with van der Waals surface area (Å²) in [4.78, 5) is 3.80. The Morgan fingerprint density at radius 1 is 1.53 bits per heavy atom. The van der Waals surface area contributed by atoms with Crippen LogP contribution in [0.25, 0.3) is 0 Å². The van der Waals surface area contributed by atoms with Crippen molar-refractivity contribution < 1.29 is 4.74 Å². The zero-order chi connectivity index (χ0) is 11.1. The van der Waals surface area contributed by atoms with Crippen LogP contribution in [-0.2, 0) is 0 Å². The third-order valence-electron chi connectivity index (χ3n) is 1.87. The highest BCUT2D eigenvalue weighted by Crippen LogP contribution is 2.21. The molecule has 15 heavy (non-hydrogen) atoms. The van der Waals surface area contributed by atoms with Gasteiger partial charge in [-0.2, -0.15) is 0 Å². The van der Waals surface area contributed by atoms with E-state index in [9.17, 15) is 0 Å². The van der Waals surface area contributed by atoms with Crippen LogP contribution in [0.4, 0.5) is 0 Å². The van der Waals surface area contributed by atoms with E-state index in [0.29, 0.717) is 13.2 Å². The van der Waals surface area contributed by atoms with Crippen LogP contribution in [0.5, 0.6) is 5.75 Å². The predicted molar refractivity (Wildman–Crippen MR) is 66.2 cm³/mol. The monoisotopic (exact) mass is 241 g/mol. The van der Waals surface area contributed by atoms with E-state index < -0.39 is 0 Å². The van der Waals surface area contributed by atoms with E-state index in [2.05, 4.69) is 22.4 Å². The minimum atomic E-state index is 0.628. The first kappa shape index (κ1) is 12.2. The van der Waals surface area contributed by atoms with Crippen LogP contribution in [-0.4, -0.2) is 18.3 Å². The molecule has 0 bridgehead atoms. The van der Waals surface area contributed by atoms with Crippen LogP contribution >= 0.6 is 23.8 Å². The number of isothiocyanates is 1. The maximum absolute atomic E-state index is 5.83. The summed E-state index contributed by atoms with van der Waals surface area (Å²) < 4.78 is 5.56. The third-order valence-corrected chi connectivity index (χ3v) is 2.24. The van der Waals surface area contributed by atoms with Crippen molar-refractivity contribution in [3.05, 3.63) is 28.8 Å². The molecule has 0 heterocycles. The van der Waals surface area contributed by atoms with Gasteiger partial charge >= 0.3 is 0 Å². The quantitative estimate of drug-likeness (QED) is 0.447. The van der Waals surface area contributed by atoms with Crippen LogP contribution in [0.2, 0.25) is 5.02 Å². The number of ether oxygens (including phenoxy) is 1. The summed E-state index contributed by atoms with van der Waals surface area (Å²) in [6.45, 7) is 3.26. The molecule has 0 fully saturated rings. The summed E-state index contributed by atoms with van der Waals surface area (Å²) >= 11 is 10.3. The fourth-order valence-electron chi connectivity index (χ4n) is 1.15. The maximum atomic E-state index is 5.83. The zero-order valence-corrected chi connectivity index (χ0v) is 10.1. The first-order valence-electron chi connectivity index (χ1n) is 4.66. The van der Waals surface area contributed by atoms with Gasteiger partial charge in [-0.05, 0) is 42.9 Å². The molecule has 0 aliphatic rings. The number of hydrogen-bond acceptors (Lipinski definition) is 3. The van der Waals surface area contributed by atoms with Gasteiger partial charge in [0, 0.05) is 11.4 Å². The Kier molecular flexibility index (Phi) is 5.33. The van der Waals surface area contributed by atoms with Crippen molar-refractivity contribution in [2.24, 2.45) is 4.99 Å². The van der Waals surface area contributed by atoms with Crippen LogP contribution in [0.15, 0.2) is 23.2 Å². The van der Waals surface area contributed by atoms with Crippen molar-refractivity contribution in [1.82, 2.24) is 0 Å². The lowest BCUT2D eigenvalue weighted by Gasteiger charge is -2.08. The average Bonchev–Trinajstić information content (AvgIpc) is 2.20. The number of halogens is 1. The van der Waals surface area contributed by atoms with Gasteiger partial charge in [-0.3, -0.25) is 0 Å². The van der Waals surface area contributed by atoms with Crippen LogP contribution < -0.4 is 4.74 Å². The molecule has 0 amide bonds. The summed E-state index contributed by atoms with van der Waals surface area (Å²) in [6, 6.07) is 5.57. The van der Waals surface area contributed by atoms with Crippen LogP contribution in [0.3, 0.4) is 0 Å². The van der Waals surface area contributed by atoms with Crippen molar-refractivity contribution in [3.8, 4) is 5.75 Å². The van der Waals surface area contributed by atoms with E-state index >= 15 is 0 Å². The van der Waals surface area contributed by atoms with E-state index in [1.807, 2.05) is 25.1 Å². The number of thiocarbonyl (C=S) groups is 1. The summed E-state index contributed by atoms with van der Waals surface area (Å²) in [6.07, 6.45) is 0.839. The fraction of sp³-hybridized carbons (Fsp3) is 0.364. The molecule has 4 heteroatoms. The van der Waals surface area contributed by atoms with Crippen molar-refractivity contribution in [2.45, 2.75) is 13.3 Å². The lowest BCUT2D eigenvalue weighted by Crippen LogP contribution is -2.00. The SMILES string of the molecule is Cc1cc(Cl)ccc1OCCCN=C=S. The number of rotatable bonds is 5. The van der Waals surface area contributed by atoms with E-state index in [4.69, 9.17) is 16.3 Å². The van der Waals surface area contributed by atoms with Crippen molar-refractivity contribution in [2.75, 3.05) is 13.2 Å². The van der Waals surface area contributed by atoms with Gasteiger partial charge in [0.1, 0.15) is 5.75 Å². The lowest BCUT2D eigenvalue weighted by atomic mass is 10.2. The van der Waals surface area contributed by atoms with Crippen LogP contribution in [0.1, 0.15) is 12.0 Å². The smallest absolute Gasteiger partial charge is 0.122 e. The number of aliphatic imine (C=N–C) groups is 1. The molecule has 0 saturated carbocycles. The molecule has 0 saturated heterocycles. The molecule has 2 nitrogen and oxygen atoms in total. The molecule has 0 unspecified atom stereocenters. The van der Waals surface area contributed by atoms with Crippen molar-refractivity contribution in [3.63, 3.8) is 0 Å². The topological polar surface area (TPSA) is 21.6 Å². The minimum absolute atomic E-state index is 0.628. The minimum Gasteiger partial charge on any atom is -0.493 e. The van der Waals surface area contributed by atoms with Gasteiger partial charge < -0.3 is 4.74 Å². The highest BCUT2D eigenvalue weighted by atomic mass is 35.5. The second-order valence-electron chi connectivity index (χ2n) is 3.08. The average molecular weight is 242 g/mol. The van der Waals surface area contributed by atoms with E-state index in [-0.39, 0.29) is 0 Å². The Labute approximate surface area is 99.9 Å². The molecule has 0 N–H and O–H groups in total. The van der Waals surface area contributed by atoms with Crippen molar-refractivity contribution >= 4 is 29.0 Å². The summed E-state index contributed by atoms with van der Waals surface area (Å²) in [7, 11) is 0. The van der Waals surface area contributed by atoms with Gasteiger partial charge in [0.15, 0.2) is 0 Å². The van der Waals surface area contributed by atoms with Gasteiger partial charge in [-0.25, -0.2) is 4.99 Å². The second-order valence-corrected chi connectivity index (χ2v) is 3.70. The normalized spacial score (nSPS) is 9.47. The molecule has 1 aromatic rings. The molecule has 0 aliphatic carbocycles. The van der Waals surface area contributed by atoms with Crippen LogP contribution in [0, 0.1) is 6.92 Å². The van der Waals surface area contributed by atoms with Gasteiger partial charge in [-0.15, -0.1) is 0 Å². The largest absolute Gasteiger partial charge is 0.493 e. The molecule has 0 spiro atoms. The van der Waals surface area contributed by atoms with E-state index in [1.54, 1.807) is 0 Å². The number of benzene rings is 1. The van der Waals surface area contributed by atoms with E-state index in [1.165, 1.54) is 0 Å². The number of hydrogen-bond donors (Lipinski definition) is 0. The Morgan fingerprint density at radius 3 is 3.00 bits per heavy atom. The lowest BCUT2D eigenvalue weighted by molar-refractivity contribution is 0.311. The Hall–Kier alpha value is -0.890. The zero-order valence-electron chi connectivity index (χ0n) is 8.50. The molecule has 0 aromatic heterocycles. The number of nitrogens with zero attached hydrogens (tertiary/aromatic N) is 1. The summed E-state index contributed by atoms with van der Waals surface area (Å²) in [5.74, 6) is 0.866. The molecule has 1 rings (SSSR count). The van der Waals surface area contributed by atoms with Gasteiger partial charge in [-0.1, -0.05) is 11.6 Å². The summed E-state index contributed by atoms with van der Waals surface area (Å²) in [5.41, 5.74) is 1.04. The molecular weight excluding hydrogens is 230 g/mol. The molecule has 1 aromatic carbocycles. The predicted octanol–water partition coefficient (Wildman–Crippen LogP) is 3.52. The molecular formula is C11H12ClNOS. The Bertz CT molecular complexity index is 375. The summed E-state index contributed by atoms with van der Waals surface area (Å²) in [5, 5.41) is 3.05. The molecule has 0 atom stereocenters. The standard InChI is InChI=1S/C11H12ClNOS/c1-9-7-10(12)3-4-11(9)14-6-2-5-13-8-15/h3-4,7H,2,5-6H2,1H3. The second kappa shape index (κ2) is 6.57. The first-order chi connectivity index (χ1) is 7.24. The Morgan fingerprint density at radius 2 is 2.33 bits per heavy atom. The van der Waals surface area contributed by atoms with E-state index in [0.717, 1.165) is 22.8 Å². The van der Waals surface area contributed by atoms with Crippen molar-refractivity contribution in [1.29, 1.82) is 0 Å². The maximum Gasteiger partial charge on any atom is 0.122 e. The molecule has 80 valence electrons.